The average Bonchev–Trinajstić information content (AvgIpc) is 2.23. The molecule has 2 heterocycles. The molecule has 106 valence electrons. The number of piperidine rings is 2. The molecule has 2 rings (SSSR count). The molecule has 2 nitrogen and oxygen atoms in total. The van der Waals surface area contributed by atoms with Gasteiger partial charge in [-0.2, -0.15) is 13.2 Å². The van der Waals surface area contributed by atoms with Crippen molar-refractivity contribution in [1.82, 2.24) is 4.90 Å². The molecule has 2 atom stereocenters. The van der Waals surface area contributed by atoms with Crippen LogP contribution < -0.4 is 5.73 Å². The van der Waals surface area contributed by atoms with Gasteiger partial charge in [0, 0.05) is 24.5 Å². The Labute approximate surface area is 107 Å². The van der Waals surface area contributed by atoms with E-state index in [1.807, 2.05) is 0 Å². The lowest BCUT2D eigenvalue weighted by atomic mass is 9.82. The molecule has 0 radical (unpaired) electrons. The van der Waals surface area contributed by atoms with E-state index in [0.29, 0.717) is 24.5 Å². The Balaban J connectivity index is 1.75. The predicted octanol–water partition coefficient (Wildman–Crippen LogP) is 3.06. The highest BCUT2D eigenvalue weighted by atomic mass is 19.4. The van der Waals surface area contributed by atoms with Crippen molar-refractivity contribution in [3.63, 3.8) is 0 Å². The lowest BCUT2D eigenvalue weighted by Gasteiger charge is -2.48. The van der Waals surface area contributed by atoms with Crippen molar-refractivity contribution in [2.45, 2.75) is 75.7 Å². The van der Waals surface area contributed by atoms with Crippen LogP contribution in [-0.4, -0.2) is 35.7 Å². The Hall–Kier alpha value is -0.290. The van der Waals surface area contributed by atoms with Crippen LogP contribution in [0.25, 0.3) is 0 Å². The van der Waals surface area contributed by atoms with Crippen LogP contribution in [0.2, 0.25) is 0 Å². The lowest BCUT2D eigenvalue weighted by molar-refractivity contribution is -0.136. The number of fused-ring (bicyclic) bond motifs is 2. The molecule has 18 heavy (non-hydrogen) atoms. The lowest BCUT2D eigenvalue weighted by Crippen LogP contribution is -2.55. The summed E-state index contributed by atoms with van der Waals surface area (Å²) in [6.45, 7) is 0.818. The van der Waals surface area contributed by atoms with E-state index in [4.69, 9.17) is 5.73 Å². The Bertz CT molecular complexity index is 253. The molecule has 2 aliphatic rings. The summed E-state index contributed by atoms with van der Waals surface area (Å²) in [6, 6.07) is 1.35. The molecule has 2 bridgehead atoms. The highest BCUT2D eigenvalue weighted by Crippen LogP contribution is 2.33. The van der Waals surface area contributed by atoms with Crippen molar-refractivity contribution in [2.75, 3.05) is 6.54 Å². The average molecular weight is 264 g/mol. The summed E-state index contributed by atoms with van der Waals surface area (Å²) in [4.78, 5) is 2.43. The van der Waals surface area contributed by atoms with Gasteiger partial charge in [0.2, 0.25) is 0 Å². The van der Waals surface area contributed by atoms with Crippen molar-refractivity contribution < 1.29 is 13.2 Å². The first kappa shape index (κ1) is 14.1. The number of alkyl halides is 3. The fraction of sp³-hybridized carbons (Fsp3) is 1.00. The number of hydrogen-bond acceptors (Lipinski definition) is 2. The molecule has 2 unspecified atom stereocenters. The number of hydrogen-bond donors (Lipinski definition) is 1. The summed E-state index contributed by atoms with van der Waals surface area (Å²) in [5.41, 5.74) is 6.02. The van der Waals surface area contributed by atoms with Gasteiger partial charge < -0.3 is 5.73 Å². The summed E-state index contributed by atoms with van der Waals surface area (Å²) >= 11 is 0. The molecular weight excluding hydrogens is 241 g/mol. The molecule has 5 heteroatoms. The fourth-order valence-corrected chi connectivity index (χ4v) is 3.51. The standard InChI is InChI=1S/C13H23F3N2/c14-13(15,16)6-1-2-7-18-11-4-3-5-12(18)9-10(17)8-11/h10-12H,1-9,17H2. The molecule has 0 aromatic carbocycles. The van der Waals surface area contributed by atoms with E-state index in [0.717, 1.165) is 19.4 Å². The molecule has 0 spiro atoms. The van der Waals surface area contributed by atoms with E-state index in [-0.39, 0.29) is 6.42 Å². The van der Waals surface area contributed by atoms with Gasteiger partial charge in [-0.15, -0.1) is 0 Å². The quantitative estimate of drug-likeness (QED) is 0.791. The van der Waals surface area contributed by atoms with Crippen molar-refractivity contribution in [1.29, 1.82) is 0 Å². The minimum absolute atomic E-state index is 0.255. The Morgan fingerprint density at radius 1 is 1.06 bits per heavy atom. The van der Waals surface area contributed by atoms with Gasteiger partial charge in [-0.25, -0.2) is 0 Å². The third kappa shape index (κ3) is 3.85. The molecule has 0 aliphatic carbocycles. The van der Waals surface area contributed by atoms with E-state index >= 15 is 0 Å². The molecule has 2 saturated heterocycles. The van der Waals surface area contributed by atoms with Crippen LogP contribution >= 0.6 is 0 Å². The van der Waals surface area contributed by atoms with Crippen LogP contribution in [0.4, 0.5) is 13.2 Å². The van der Waals surface area contributed by atoms with Crippen LogP contribution in [0.5, 0.6) is 0 Å². The van der Waals surface area contributed by atoms with Crippen LogP contribution in [0.1, 0.15) is 51.4 Å². The minimum atomic E-state index is -4.00. The van der Waals surface area contributed by atoms with Crippen LogP contribution in [0.3, 0.4) is 0 Å². The summed E-state index contributed by atoms with van der Waals surface area (Å²) in [5.74, 6) is 0. The molecular formula is C13H23F3N2. The Morgan fingerprint density at radius 3 is 2.22 bits per heavy atom. The minimum Gasteiger partial charge on any atom is -0.328 e. The van der Waals surface area contributed by atoms with E-state index in [1.165, 1.54) is 19.3 Å². The first-order chi connectivity index (χ1) is 8.46. The van der Waals surface area contributed by atoms with Crippen LogP contribution in [0.15, 0.2) is 0 Å². The van der Waals surface area contributed by atoms with Gasteiger partial charge in [0.25, 0.3) is 0 Å². The second kappa shape index (κ2) is 5.78. The van der Waals surface area contributed by atoms with Crippen molar-refractivity contribution in [2.24, 2.45) is 5.73 Å². The van der Waals surface area contributed by atoms with Gasteiger partial charge in [0.05, 0.1) is 0 Å². The smallest absolute Gasteiger partial charge is 0.328 e. The number of nitrogens with zero attached hydrogens (tertiary/aromatic N) is 1. The van der Waals surface area contributed by atoms with Gasteiger partial charge in [0.1, 0.15) is 0 Å². The fourth-order valence-electron chi connectivity index (χ4n) is 3.51. The first-order valence-electron chi connectivity index (χ1n) is 7.04. The van der Waals surface area contributed by atoms with Gasteiger partial charge >= 0.3 is 6.18 Å². The maximum atomic E-state index is 12.1. The molecule has 0 aromatic rings. The Kier molecular flexibility index (Phi) is 4.54. The van der Waals surface area contributed by atoms with Gasteiger partial charge in [-0.3, -0.25) is 4.90 Å². The van der Waals surface area contributed by atoms with Crippen LogP contribution in [0, 0.1) is 0 Å². The predicted molar refractivity (Wildman–Crippen MR) is 65.2 cm³/mol. The first-order valence-corrected chi connectivity index (χ1v) is 7.04. The maximum Gasteiger partial charge on any atom is 0.389 e. The van der Waals surface area contributed by atoms with E-state index < -0.39 is 12.6 Å². The van der Waals surface area contributed by atoms with Gasteiger partial charge in [0.15, 0.2) is 0 Å². The van der Waals surface area contributed by atoms with Gasteiger partial charge in [-0.05, 0) is 45.1 Å². The monoisotopic (exact) mass is 264 g/mol. The number of unbranched alkanes of at least 4 members (excludes halogenated alkanes) is 1. The zero-order valence-corrected chi connectivity index (χ0v) is 10.8. The van der Waals surface area contributed by atoms with Gasteiger partial charge in [-0.1, -0.05) is 6.42 Å². The van der Waals surface area contributed by atoms with Crippen molar-refractivity contribution in [3.05, 3.63) is 0 Å². The summed E-state index contributed by atoms with van der Waals surface area (Å²) < 4.78 is 36.2. The summed E-state index contributed by atoms with van der Waals surface area (Å²) in [7, 11) is 0. The summed E-state index contributed by atoms with van der Waals surface area (Å²) in [5, 5.41) is 0. The number of nitrogens with two attached hydrogens (primary N) is 1. The second-order valence-electron chi connectivity index (χ2n) is 5.78. The zero-order valence-electron chi connectivity index (χ0n) is 10.8. The summed E-state index contributed by atoms with van der Waals surface area (Å²) in [6.07, 6.45) is 1.91. The Morgan fingerprint density at radius 2 is 1.67 bits per heavy atom. The molecule has 2 fully saturated rings. The SMILES string of the molecule is NC1CC2CCCC(C1)N2CCCCC(F)(F)F. The molecule has 0 saturated carbocycles. The van der Waals surface area contributed by atoms with Crippen molar-refractivity contribution in [3.8, 4) is 0 Å². The van der Waals surface area contributed by atoms with Crippen molar-refractivity contribution >= 4 is 0 Å². The molecule has 2 N–H and O–H groups in total. The zero-order chi connectivity index (χ0) is 13.2. The maximum absolute atomic E-state index is 12.1. The highest BCUT2D eigenvalue weighted by Gasteiger charge is 2.36. The molecule has 0 amide bonds. The topological polar surface area (TPSA) is 29.3 Å². The van der Waals surface area contributed by atoms with E-state index in [1.54, 1.807) is 0 Å². The third-order valence-corrected chi connectivity index (χ3v) is 4.29. The largest absolute Gasteiger partial charge is 0.389 e. The highest BCUT2D eigenvalue weighted by molar-refractivity contribution is 4.93. The molecule has 0 aromatic heterocycles. The van der Waals surface area contributed by atoms with Crippen LogP contribution in [-0.2, 0) is 0 Å². The number of rotatable bonds is 4. The normalized spacial score (nSPS) is 33.7. The van der Waals surface area contributed by atoms with E-state index in [2.05, 4.69) is 4.90 Å². The molecule has 2 aliphatic heterocycles. The second-order valence-corrected chi connectivity index (χ2v) is 5.78. The number of halogens is 3. The third-order valence-electron chi connectivity index (χ3n) is 4.29. The van der Waals surface area contributed by atoms with E-state index in [9.17, 15) is 13.2 Å².